The van der Waals surface area contributed by atoms with Crippen molar-refractivity contribution in [3.63, 3.8) is 0 Å². The second-order valence-corrected chi connectivity index (χ2v) is 7.78. The zero-order valence-corrected chi connectivity index (χ0v) is 18.4. The highest BCUT2D eigenvalue weighted by Gasteiger charge is 2.34. The maximum atomic E-state index is 12.9. The summed E-state index contributed by atoms with van der Waals surface area (Å²) >= 11 is 3.43. The van der Waals surface area contributed by atoms with Crippen LogP contribution < -0.4 is 9.47 Å². The highest BCUT2D eigenvalue weighted by Crippen LogP contribution is 2.39. The minimum absolute atomic E-state index is 0.0595. The minimum Gasteiger partial charge on any atom is -0.497 e. The van der Waals surface area contributed by atoms with Gasteiger partial charge in [0.25, 0.3) is 0 Å². The van der Waals surface area contributed by atoms with Crippen LogP contribution in [0.25, 0.3) is 0 Å². The number of methoxy groups -OCH3 is 2. The summed E-state index contributed by atoms with van der Waals surface area (Å²) in [6.07, 6.45) is 0.813. The first kappa shape index (κ1) is 21.8. The number of carbonyl (C=O) groups excluding carboxylic acids is 1. The van der Waals surface area contributed by atoms with Gasteiger partial charge in [0.2, 0.25) is 5.91 Å². The van der Waals surface area contributed by atoms with Gasteiger partial charge < -0.3 is 14.6 Å². The van der Waals surface area contributed by atoms with Gasteiger partial charge in [0.1, 0.15) is 11.5 Å². The van der Waals surface area contributed by atoms with E-state index in [1.807, 2.05) is 30.3 Å². The third-order valence-electron chi connectivity index (χ3n) is 4.92. The summed E-state index contributed by atoms with van der Waals surface area (Å²) in [5.74, 6) is 0.144. The Hall–Kier alpha value is -2.87. The molecule has 8 heteroatoms. The lowest BCUT2D eigenvalue weighted by Gasteiger charge is -2.24. The van der Waals surface area contributed by atoms with Crippen LogP contribution in [0, 0.1) is 0 Å². The summed E-state index contributed by atoms with van der Waals surface area (Å²) in [4.78, 5) is 23.8. The normalized spacial score (nSPS) is 15.6. The number of rotatable bonds is 8. The molecule has 0 fully saturated rings. The summed E-state index contributed by atoms with van der Waals surface area (Å²) in [5, 5.41) is 14.9. The molecule has 0 saturated heterocycles. The third kappa shape index (κ3) is 4.99. The van der Waals surface area contributed by atoms with Crippen LogP contribution in [0.3, 0.4) is 0 Å². The molecule has 0 spiro atoms. The molecular formula is C22H23BrN2O5. The van der Waals surface area contributed by atoms with Gasteiger partial charge in [-0.2, -0.15) is 5.10 Å². The first-order valence-corrected chi connectivity index (χ1v) is 10.3. The van der Waals surface area contributed by atoms with Gasteiger partial charge in [0.05, 0.1) is 26.0 Å². The predicted octanol–water partition coefficient (Wildman–Crippen LogP) is 4.40. The Balaban J connectivity index is 1.95. The quantitative estimate of drug-likeness (QED) is 0.612. The van der Waals surface area contributed by atoms with Gasteiger partial charge >= 0.3 is 5.97 Å². The number of benzene rings is 2. The van der Waals surface area contributed by atoms with E-state index in [1.54, 1.807) is 26.4 Å². The molecule has 1 N–H and O–H groups in total. The van der Waals surface area contributed by atoms with Crippen LogP contribution in [-0.2, 0) is 9.59 Å². The molecule has 0 aromatic heterocycles. The summed E-state index contributed by atoms with van der Waals surface area (Å²) in [7, 11) is 3.16. The van der Waals surface area contributed by atoms with Crippen LogP contribution in [0.4, 0.5) is 0 Å². The zero-order valence-electron chi connectivity index (χ0n) is 16.8. The van der Waals surface area contributed by atoms with Crippen molar-refractivity contribution >= 4 is 33.5 Å². The molecule has 2 aromatic carbocycles. The summed E-state index contributed by atoms with van der Waals surface area (Å²) in [6.45, 7) is 0. The van der Waals surface area contributed by atoms with Gasteiger partial charge in [-0.25, -0.2) is 5.01 Å². The Kier molecular flexibility index (Phi) is 7.10. The second-order valence-electron chi connectivity index (χ2n) is 6.87. The topological polar surface area (TPSA) is 88.4 Å². The standard InChI is InChI=1S/C22H23BrN2O5/c1-29-16-10-11-20(30-2)17(12-16)19-13-18(14-6-8-15(23)9-7-14)24-25(19)21(26)4-3-5-22(27)28/h6-12,19H,3-5,13H2,1-2H3,(H,27,28)/t19-/m1/s1. The average Bonchev–Trinajstić information content (AvgIpc) is 3.18. The number of carboxylic acids is 1. The van der Waals surface area contributed by atoms with Crippen molar-refractivity contribution in [2.24, 2.45) is 5.10 Å². The molecule has 0 unspecified atom stereocenters. The van der Waals surface area contributed by atoms with Gasteiger partial charge in [0, 0.05) is 29.3 Å². The SMILES string of the molecule is COc1ccc(OC)c([C@H]2CC(c3ccc(Br)cc3)=NN2C(=O)CCCC(=O)O)c1. The lowest BCUT2D eigenvalue weighted by Crippen LogP contribution is -2.27. The van der Waals surface area contributed by atoms with Crippen LogP contribution >= 0.6 is 15.9 Å². The van der Waals surface area contributed by atoms with Crippen molar-refractivity contribution in [1.82, 2.24) is 5.01 Å². The lowest BCUT2D eigenvalue weighted by molar-refractivity contribution is -0.137. The Bertz CT molecular complexity index is 959. The number of aliphatic carboxylic acids is 1. The fourth-order valence-corrected chi connectivity index (χ4v) is 3.67. The van der Waals surface area contributed by atoms with Gasteiger partial charge in [0.15, 0.2) is 0 Å². The largest absolute Gasteiger partial charge is 0.497 e. The predicted molar refractivity (Wildman–Crippen MR) is 116 cm³/mol. The number of amides is 1. The molecule has 1 atom stereocenters. The number of nitrogens with zero attached hydrogens (tertiary/aromatic N) is 2. The van der Waals surface area contributed by atoms with Crippen molar-refractivity contribution in [1.29, 1.82) is 0 Å². The number of halogens is 1. The minimum atomic E-state index is -0.922. The molecular weight excluding hydrogens is 452 g/mol. The van der Waals surface area contributed by atoms with Crippen molar-refractivity contribution in [2.45, 2.75) is 31.7 Å². The number of carbonyl (C=O) groups is 2. The van der Waals surface area contributed by atoms with E-state index in [-0.39, 0.29) is 31.2 Å². The number of hydrogen-bond donors (Lipinski definition) is 1. The van der Waals surface area contributed by atoms with Crippen molar-refractivity contribution in [2.75, 3.05) is 14.2 Å². The molecule has 1 amide bonds. The Morgan fingerprint density at radius 2 is 1.87 bits per heavy atom. The molecule has 0 bridgehead atoms. The van der Waals surface area contributed by atoms with Crippen molar-refractivity contribution in [3.05, 3.63) is 58.1 Å². The van der Waals surface area contributed by atoms with Crippen molar-refractivity contribution < 1.29 is 24.2 Å². The summed E-state index contributed by atoms with van der Waals surface area (Å²) in [6, 6.07) is 12.8. The molecule has 7 nitrogen and oxygen atoms in total. The number of ether oxygens (including phenoxy) is 2. The van der Waals surface area contributed by atoms with Gasteiger partial charge in [-0.3, -0.25) is 9.59 Å². The van der Waals surface area contributed by atoms with E-state index in [1.165, 1.54) is 5.01 Å². The van der Waals surface area contributed by atoms with E-state index >= 15 is 0 Å². The first-order valence-electron chi connectivity index (χ1n) is 9.52. The van der Waals surface area contributed by atoms with E-state index in [9.17, 15) is 9.59 Å². The number of hydrogen-bond acceptors (Lipinski definition) is 5. The summed E-state index contributed by atoms with van der Waals surface area (Å²) in [5.41, 5.74) is 2.49. The molecule has 1 heterocycles. The molecule has 0 saturated carbocycles. The second kappa shape index (κ2) is 9.75. The molecule has 3 rings (SSSR count). The van der Waals surface area contributed by atoms with E-state index in [0.29, 0.717) is 17.9 Å². The Morgan fingerprint density at radius 1 is 1.13 bits per heavy atom. The fourth-order valence-electron chi connectivity index (χ4n) is 3.40. The number of hydrazone groups is 1. The van der Waals surface area contributed by atoms with E-state index in [4.69, 9.17) is 14.6 Å². The van der Waals surface area contributed by atoms with Gasteiger partial charge in [-0.1, -0.05) is 28.1 Å². The maximum absolute atomic E-state index is 12.9. The van der Waals surface area contributed by atoms with Crippen molar-refractivity contribution in [3.8, 4) is 11.5 Å². The molecule has 0 aliphatic carbocycles. The first-order chi connectivity index (χ1) is 14.4. The number of carboxylic acid groups (broad SMARTS) is 1. The fraction of sp³-hybridized carbons (Fsp3) is 0.318. The van der Waals surface area contributed by atoms with Crippen LogP contribution in [0.15, 0.2) is 52.0 Å². The van der Waals surface area contributed by atoms with E-state index in [0.717, 1.165) is 21.3 Å². The molecule has 30 heavy (non-hydrogen) atoms. The van der Waals surface area contributed by atoms with Crippen LogP contribution in [-0.4, -0.2) is 41.9 Å². The van der Waals surface area contributed by atoms with Crippen LogP contribution in [0.5, 0.6) is 11.5 Å². The highest BCUT2D eigenvalue weighted by atomic mass is 79.9. The Labute approximate surface area is 183 Å². The highest BCUT2D eigenvalue weighted by molar-refractivity contribution is 9.10. The van der Waals surface area contributed by atoms with Crippen LogP contribution in [0.1, 0.15) is 42.9 Å². The van der Waals surface area contributed by atoms with Crippen LogP contribution in [0.2, 0.25) is 0 Å². The van der Waals surface area contributed by atoms with Gasteiger partial charge in [-0.05, 0) is 42.3 Å². The third-order valence-corrected chi connectivity index (χ3v) is 5.45. The molecule has 1 aliphatic rings. The van der Waals surface area contributed by atoms with E-state index in [2.05, 4.69) is 21.0 Å². The molecule has 1 aliphatic heterocycles. The monoisotopic (exact) mass is 474 g/mol. The molecule has 158 valence electrons. The molecule has 0 radical (unpaired) electrons. The zero-order chi connectivity index (χ0) is 21.7. The summed E-state index contributed by atoms with van der Waals surface area (Å²) < 4.78 is 11.8. The molecule has 2 aromatic rings. The van der Waals surface area contributed by atoms with Gasteiger partial charge in [-0.15, -0.1) is 0 Å². The average molecular weight is 475 g/mol. The smallest absolute Gasteiger partial charge is 0.303 e. The van der Waals surface area contributed by atoms with E-state index < -0.39 is 5.97 Å². The Morgan fingerprint density at radius 3 is 2.50 bits per heavy atom. The lowest BCUT2D eigenvalue weighted by atomic mass is 9.97. The maximum Gasteiger partial charge on any atom is 0.303 e.